The molecule has 0 aliphatic rings. The number of carbonyl (C=O) groups is 1. The van der Waals surface area contributed by atoms with Crippen LogP contribution in [0.1, 0.15) is 23.6 Å². The molecule has 0 bridgehead atoms. The molecule has 0 saturated heterocycles. The summed E-state index contributed by atoms with van der Waals surface area (Å²) in [5, 5.41) is 6.15. The molecule has 0 spiro atoms. The third-order valence-electron chi connectivity index (χ3n) is 3.42. The largest absolute Gasteiger partial charge is 0.374 e. The average molecular weight is 282 g/mol. The maximum atomic E-state index is 12.1. The van der Waals surface area contributed by atoms with Crippen LogP contribution in [-0.2, 0) is 11.3 Å². The molecule has 0 aromatic heterocycles. The Labute approximate surface area is 126 Å². The standard InChI is InChI=1S/C18H22N2O/c1-13-4-8-16(9-5-13)12-19-18(21)15(3)20-17-10-6-14(2)7-11-17/h4-11,15,20H,12H2,1-3H3,(H,19,21). The highest BCUT2D eigenvalue weighted by atomic mass is 16.2. The molecule has 21 heavy (non-hydrogen) atoms. The fraction of sp³-hybridized carbons (Fsp3) is 0.278. The van der Waals surface area contributed by atoms with E-state index >= 15 is 0 Å². The summed E-state index contributed by atoms with van der Waals surface area (Å²) in [7, 11) is 0. The van der Waals surface area contributed by atoms with Crippen molar-refractivity contribution in [2.75, 3.05) is 5.32 Å². The average Bonchev–Trinajstić information content (AvgIpc) is 2.48. The molecule has 3 heteroatoms. The fourth-order valence-electron chi connectivity index (χ4n) is 2.01. The van der Waals surface area contributed by atoms with Gasteiger partial charge in [0, 0.05) is 12.2 Å². The Morgan fingerprint density at radius 1 is 0.952 bits per heavy atom. The number of nitrogens with one attached hydrogen (secondary N) is 2. The van der Waals surface area contributed by atoms with Gasteiger partial charge in [0.15, 0.2) is 0 Å². The Bertz CT molecular complexity index is 588. The van der Waals surface area contributed by atoms with Crippen LogP contribution in [0.3, 0.4) is 0 Å². The first-order valence-corrected chi connectivity index (χ1v) is 7.21. The Morgan fingerprint density at radius 2 is 1.48 bits per heavy atom. The highest BCUT2D eigenvalue weighted by molar-refractivity contribution is 5.84. The second-order valence-electron chi connectivity index (χ2n) is 5.44. The van der Waals surface area contributed by atoms with Crippen molar-refractivity contribution in [2.24, 2.45) is 0 Å². The summed E-state index contributed by atoms with van der Waals surface area (Å²) in [6.45, 7) is 6.51. The van der Waals surface area contributed by atoms with E-state index < -0.39 is 0 Å². The molecule has 0 radical (unpaired) electrons. The lowest BCUT2D eigenvalue weighted by molar-refractivity contribution is -0.121. The van der Waals surface area contributed by atoms with Gasteiger partial charge in [-0.05, 0) is 38.5 Å². The zero-order valence-electron chi connectivity index (χ0n) is 12.8. The first-order chi connectivity index (χ1) is 10.0. The molecule has 1 atom stereocenters. The van der Waals surface area contributed by atoms with Gasteiger partial charge in [0.1, 0.15) is 6.04 Å². The van der Waals surface area contributed by atoms with Gasteiger partial charge in [-0.3, -0.25) is 4.79 Å². The molecule has 0 heterocycles. The van der Waals surface area contributed by atoms with Gasteiger partial charge >= 0.3 is 0 Å². The summed E-state index contributed by atoms with van der Waals surface area (Å²) < 4.78 is 0. The van der Waals surface area contributed by atoms with E-state index in [4.69, 9.17) is 0 Å². The minimum absolute atomic E-state index is 0.00356. The van der Waals surface area contributed by atoms with Gasteiger partial charge in [-0.25, -0.2) is 0 Å². The molecule has 3 nitrogen and oxygen atoms in total. The van der Waals surface area contributed by atoms with Gasteiger partial charge in [0.05, 0.1) is 0 Å². The van der Waals surface area contributed by atoms with Crippen molar-refractivity contribution in [2.45, 2.75) is 33.4 Å². The Kier molecular flexibility index (Phi) is 4.99. The monoisotopic (exact) mass is 282 g/mol. The minimum atomic E-state index is -0.266. The van der Waals surface area contributed by atoms with Crippen molar-refractivity contribution < 1.29 is 4.79 Å². The van der Waals surface area contributed by atoms with Crippen LogP contribution in [0.5, 0.6) is 0 Å². The summed E-state index contributed by atoms with van der Waals surface area (Å²) in [5.74, 6) is -0.00356. The Balaban J connectivity index is 1.84. The van der Waals surface area contributed by atoms with Gasteiger partial charge in [-0.1, -0.05) is 47.5 Å². The van der Waals surface area contributed by atoms with Crippen LogP contribution in [-0.4, -0.2) is 11.9 Å². The first kappa shape index (κ1) is 15.1. The summed E-state index contributed by atoms with van der Waals surface area (Å²) in [5.41, 5.74) is 4.49. The van der Waals surface area contributed by atoms with Gasteiger partial charge in [0.2, 0.25) is 5.91 Å². The molecular formula is C18H22N2O. The van der Waals surface area contributed by atoms with Crippen LogP contribution >= 0.6 is 0 Å². The first-order valence-electron chi connectivity index (χ1n) is 7.21. The predicted octanol–water partition coefficient (Wildman–Crippen LogP) is 3.42. The number of amides is 1. The van der Waals surface area contributed by atoms with Crippen molar-refractivity contribution in [3.05, 3.63) is 65.2 Å². The van der Waals surface area contributed by atoms with Crippen LogP contribution < -0.4 is 10.6 Å². The SMILES string of the molecule is Cc1ccc(CNC(=O)C(C)Nc2ccc(C)cc2)cc1. The number of hydrogen-bond acceptors (Lipinski definition) is 2. The number of rotatable bonds is 5. The van der Waals surface area contributed by atoms with Gasteiger partial charge in [0.25, 0.3) is 0 Å². The minimum Gasteiger partial charge on any atom is -0.374 e. The van der Waals surface area contributed by atoms with Crippen molar-refractivity contribution >= 4 is 11.6 Å². The zero-order chi connectivity index (χ0) is 15.2. The van der Waals surface area contributed by atoms with E-state index in [1.165, 1.54) is 11.1 Å². The van der Waals surface area contributed by atoms with Crippen molar-refractivity contribution in [1.82, 2.24) is 5.32 Å². The molecule has 1 amide bonds. The number of benzene rings is 2. The lowest BCUT2D eigenvalue weighted by atomic mass is 10.1. The molecule has 2 rings (SSSR count). The normalized spacial score (nSPS) is 11.8. The molecule has 0 fully saturated rings. The topological polar surface area (TPSA) is 41.1 Å². The van der Waals surface area contributed by atoms with Crippen LogP contribution in [0.15, 0.2) is 48.5 Å². The molecule has 110 valence electrons. The second-order valence-corrected chi connectivity index (χ2v) is 5.44. The zero-order valence-corrected chi connectivity index (χ0v) is 12.8. The third kappa shape index (κ3) is 4.63. The lowest BCUT2D eigenvalue weighted by Crippen LogP contribution is -2.37. The Morgan fingerprint density at radius 3 is 2.05 bits per heavy atom. The molecule has 2 aromatic carbocycles. The molecule has 0 saturated carbocycles. The van der Waals surface area contributed by atoms with E-state index in [0.29, 0.717) is 6.54 Å². The molecule has 2 N–H and O–H groups in total. The van der Waals surface area contributed by atoms with E-state index in [1.54, 1.807) is 0 Å². The molecule has 2 aromatic rings. The predicted molar refractivity (Wildman–Crippen MR) is 87.3 cm³/mol. The quantitative estimate of drug-likeness (QED) is 0.882. The lowest BCUT2D eigenvalue weighted by Gasteiger charge is -2.15. The summed E-state index contributed by atoms with van der Waals surface area (Å²) in [4.78, 5) is 12.1. The van der Waals surface area contributed by atoms with Crippen molar-refractivity contribution in [3.63, 3.8) is 0 Å². The molecule has 0 aliphatic carbocycles. The number of aryl methyl sites for hydroxylation is 2. The highest BCUT2D eigenvalue weighted by Crippen LogP contribution is 2.10. The van der Waals surface area contributed by atoms with Gasteiger partial charge in [-0.15, -0.1) is 0 Å². The van der Waals surface area contributed by atoms with Crippen LogP contribution in [0.25, 0.3) is 0 Å². The van der Waals surface area contributed by atoms with E-state index in [0.717, 1.165) is 11.3 Å². The van der Waals surface area contributed by atoms with Crippen LogP contribution in [0.4, 0.5) is 5.69 Å². The highest BCUT2D eigenvalue weighted by Gasteiger charge is 2.11. The molecule has 1 unspecified atom stereocenters. The summed E-state index contributed by atoms with van der Waals surface area (Å²) in [6.07, 6.45) is 0. The van der Waals surface area contributed by atoms with E-state index in [-0.39, 0.29) is 11.9 Å². The third-order valence-corrected chi connectivity index (χ3v) is 3.42. The number of anilines is 1. The summed E-state index contributed by atoms with van der Waals surface area (Å²) in [6, 6.07) is 15.9. The van der Waals surface area contributed by atoms with Crippen molar-refractivity contribution in [3.8, 4) is 0 Å². The van der Waals surface area contributed by atoms with Gasteiger partial charge < -0.3 is 10.6 Å². The van der Waals surface area contributed by atoms with E-state index in [9.17, 15) is 4.79 Å². The maximum Gasteiger partial charge on any atom is 0.242 e. The smallest absolute Gasteiger partial charge is 0.242 e. The summed E-state index contributed by atoms with van der Waals surface area (Å²) >= 11 is 0. The maximum absolute atomic E-state index is 12.1. The van der Waals surface area contributed by atoms with Crippen LogP contribution in [0.2, 0.25) is 0 Å². The second kappa shape index (κ2) is 6.93. The van der Waals surface area contributed by atoms with Crippen molar-refractivity contribution in [1.29, 1.82) is 0 Å². The Hall–Kier alpha value is -2.29. The van der Waals surface area contributed by atoms with E-state index in [2.05, 4.69) is 29.7 Å². The van der Waals surface area contributed by atoms with Gasteiger partial charge in [-0.2, -0.15) is 0 Å². The number of carbonyl (C=O) groups excluding carboxylic acids is 1. The number of hydrogen-bond donors (Lipinski definition) is 2. The molecular weight excluding hydrogens is 260 g/mol. The fourth-order valence-corrected chi connectivity index (χ4v) is 2.01. The molecule has 0 aliphatic heterocycles. The van der Waals surface area contributed by atoms with Crippen LogP contribution in [0, 0.1) is 13.8 Å². The van der Waals surface area contributed by atoms with E-state index in [1.807, 2.05) is 50.2 Å².